The molecule has 8 nitrogen and oxygen atoms in total. The van der Waals surface area contributed by atoms with Gasteiger partial charge in [-0.3, -0.25) is 19.2 Å². The summed E-state index contributed by atoms with van der Waals surface area (Å²) in [6.07, 6.45) is 2.21. The second-order valence-corrected chi connectivity index (χ2v) is 6.77. The van der Waals surface area contributed by atoms with Crippen LogP contribution in [0.15, 0.2) is 41.5 Å². The van der Waals surface area contributed by atoms with Crippen molar-refractivity contribution in [1.82, 2.24) is 24.2 Å². The van der Waals surface area contributed by atoms with Crippen molar-refractivity contribution in [3.8, 4) is 5.69 Å². The average Bonchev–Trinajstić information content (AvgIpc) is 3.21. The summed E-state index contributed by atoms with van der Waals surface area (Å²) in [7, 11) is 1.84. The molecule has 0 saturated heterocycles. The highest BCUT2D eigenvalue weighted by atomic mass is 16.4. The van der Waals surface area contributed by atoms with E-state index < -0.39 is 12.0 Å². The normalized spacial score (nSPS) is 17.0. The lowest BCUT2D eigenvalue weighted by molar-refractivity contribution is -0.144. The quantitative estimate of drug-likeness (QED) is 0.726. The van der Waals surface area contributed by atoms with Crippen molar-refractivity contribution in [3.05, 3.63) is 69.7 Å². The molecular weight excluding hydrogens is 346 g/mol. The highest BCUT2D eigenvalue weighted by Gasteiger charge is 2.36. The van der Waals surface area contributed by atoms with Crippen molar-refractivity contribution in [2.45, 2.75) is 25.9 Å². The highest BCUT2D eigenvalue weighted by Crippen LogP contribution is 2.29. The van der Waals surface area contributed by atoms with E-state index in [1.165, 1.54) is 6.33 Å². The first-order valence-electron chi connectivity index (χ1n) is 8.81. The number of carboxylic acids is 1. The number of hydrogen-bond donors (Lipinski definition) is 2. The number of hydrogen-bond acceptors (Lipinski definition) is 4. The van der Waals surface area contributed by atoms with Crippen LogP contribution in [0.4, 0.5) is 0 Å². The van der Waals surface area contributed by atoms with Gasteiger partial charge in [0.15, 0.2) is 6.04 Å². The Kier molecular flexibility index (Phi) is 4.19. The molecule has 0 amide bonds. The lowest BCUT2D eigenvalue weighted by atomic mass is 10.0. The van der Waals surface area contributed by atoms with E-state index in [2.05, 4.69) is 9.97 Å². The van der Waals surface area contributed by atoms with Crippen LogP contribution < -0.4 is 5.56 Å². The van der Waals surface area contributed by atoms with Gasteiger partial charge >= 0.3 is 5.97 Å². The van der Waals surface area contributed by atoms with E-state index >= 15 is 0 Å². The summed E-state index contributed by atoms with van der Waals surface area (Å²) in [5.41, 5.74) is 3.46. The second kappa shape index (κ2) is 6.55. The minimum atomic E-state index is -0.958. The minimum absolute atomic E-state index is 0.127. The van der Waals surface area contributed by atoms with Gasteiger partial charge < -0.3 is 10.1 Å². The number of aliphatic carboxylic acids is 1. The molecule has 0 saturated carbocycles. The largest absolute Gasteiger partial charge is 0.480 e. The molecule has 0 fully saturated rings. The summed E-state index contributed by atoms with van der Waals surface area (Å²) >= 11 is 0. The molecule has 3 heterocycles. The van der Waals surface area contributed by atoms with E-state index in [4.69, 9.17) is 0 Å². The van der Waals surface area contributed by atoms with Gasteiger partial charge in [0.25, 0.3) is 5.56 Å². The number of aromatic nitrogens is 4. The molecule has 1 aliphatic rings. The smallest absolute Gasteiger partial charge is 0.327 e. The monoisotopic (exact) mass is 367 g/mol. The predicted molar refractivity (Wildman–Crippen MR) is 98.8 cm³/mol. The molecule has 140 valence electrons. The van der Waals surface area contributed by atoms with Crippen LogP contribution in [0.1, 0.15) is 28.7 Å². The van der Waals surface area contributed by atoms with E-state index in [1.54, 1.807) is 4.68 Å². The topological polar surface area (TPSA) is 96.2 Å². The van der Waals surface area contributed by atoms with Crippen LogP contribution in [0.25, 0.3) is 5.69 Å². The number of para-hydroxylation sites is 1. The van der Waals surface area contributed by atoms with Crippen LogP contribution in [0.5, 0.6) is 0 Å². The van der Waals surface area contributed by atoms with Gasteiger partial charge in [0.05, 0.1) is 23.3 Å². The van der Waals surface area contributed by atoms with Crippen LogP contribution >= 0.6 is 0 Å². The lowest BCUT2D eigenvalue weighted by Gasteiger charge is -2.31. The van der Waals surface area contributed by atoms with E-state index in [0.717, 1.165) is 17.1 Å². The van der Waals surface area contributed by atoms with Crippen LogP contribution in [-0.2, 0) is 24.8 Å². The number of carbonyl (C=O) groups is 1. The molecule has 3 aromatic rings. The number of nitrogens with zero attached hydrogens (tertiary/aromatic N) is 4. The Morgan fingerprint density at radius 2 is 2.07 bits per heavy atom. The Labute approximate surface area is 155 Å². The zero-order chi connectivity index (χ0) is 19.1. The SMILES string of the molecule is Cc1c(CN2CCc3[nH]cnc3[C@@H]2C(=O)O)c(=O)n(-c2ccccc2)n1C. The third kappa shape index (κ3) is 2.78. The van der Waals surface area contributed by atoms with Crippen molar-refractivity contribution in [1.29, 1.82) is 0 Å². The number of benzene rings is 1. The van der Waals surface area contributed by atoms with Gasteiger partial charge in [-0.1, -0.05) is 18.2 Å². The van der Waals surface area contributed by atoms with Crippen molar-refractivity contribution < 1.29 is 9.90 Å². The van der Waals surface area contributed by atoms with Gasteiger partial charge in [0, 0.05) is 37.9 Å². The third-order valence-corrected chi connectivity index (χ3v) is 5.29. The molecular formula is C19H21N5O3. The van der Waals surface area contributed by atoms with Gasteiger partial charge in [0.1, 0.15) is 0 Å². The molecule has 27 heavy (non-hydrogen) atoms. The molecule has 0 bridgehead atoms. The number of H-pyrrole nitrogens is 1. The fourth-order valence-corrected chi connectivity index (χ4v) is 3.78. The predicted octanol–water partition coefficient (Wildman–Crippen LogP) is 1.39. The van der Waals surface area contributed by atoms with E-state index in [-0.39, 0.29) is 12.1 Å². The lowest BCUT2D eigenvalue weighted by Crippen LogP contribution is -2.40. The number of carboxylic acid groups (broad SMARTS) is 1. The fraction of sp³-hybridized carbons (Fsp3) is 0.316. The van der Waals surface area contributed by atoms with E-state index in [0.29, 0.717) is 24.2 Å². The fourth-order valence-electron chi connectivity index (χ4n) is 3.78. The van der Waals surface area contributed by atoms with Crippen LogP contribution in [0.3, 0.4) is 0 Å². The molecule has 0 unspecified atom stereocenters. The van der Waals surface area contributed by atoms with Crippen LogP contribution in [0, 0.1) is 6.92 Å². The molecule has 4 rings (SSSR count). The van der Waals surface area contributed by atoms with Gasteiger partial charge in [0.2, 0.25) is 0 Å². The van der Waals surface area contributed by atoms with Gasteiger partial charge in [-0.15, -0.1) is 0 Å². The maximum absolute atomic E-state index is 13.1. The third-order valence-electron chi connectivity index (χ3n) is 5.29. The number of nitrogens with one attached hydrogen (secondary N) is 1. The molecule has 2 N–H and O–H groups in total. The minimum Gasteiger partial charge on any atom is -0.480 e. The summed E-state index contributed by atoms with van der Waals surface area (Å²) in [6.45, 7) is 2.70. The van der Waals surface area contributed by atoms with Gasteiger partial charge in [-0.05, 0) is 19.1 Å². The summed E-state index contributed by atoms with van der Waals surface area (Å²) in [6, 6.07) is 8.56. The number of rotatable bonds is 4. The maximum Gasteiger partial charge on any atom is 0.327 e. The van der Waals surface area contributed by atoms with Gasteiger partial charge in [-0.2, -0.15) is 0 Å². The molecule has 1 atom stereocenters. The molecule has 1 aromatic carbocycles. The van der Waals surface area contributed by atoms with Gasteiger partial charge in [-0.25, -0.2) is 9.67 Å². The first kappa shape index (κ1) is 17.3. The molecule has 0 aliphatic carbocycles. The van der Waals surface area contributed by atoms with Crippen molar-refractivity contribution in [2.24, 2.45) is 7.05 Å². The first-order valence-corrected chi connectivity index (χ1v) is 8.81. The van der Waals surface area contributed by atoms with E-state index in [1.807, 2.05) is 53.9 Å². The van der Waals surface area contributed by atoms with Crippen LogP contribution in [0.2, 0.25) is 0 Å². The number of imidazole rings is 1. The Hall–Kier alpha value is -3.13. The molecule has 8 heteroatoms. The molecule has 1 aliphatic heterocycles. The molecule has 2 aromatic heterocycles. The van der Waals surface area contributed by atoms with E-state index in [9.17, 15) is 14.7 Å². The second-order valence-electron chi connectivity index (χ2n) is 6.77. The summed E-state index contributed by atoms with van der Waals surface area (Å²) in [4.78, 5) is 34.0. The molecule has 0 radical (unpaired) electrons. The zero-order valence-electron chi connectivity index (χ0n) is 15.2. The Morgan fingerprint density at radius 3 is 2.78 bits per heavy atom. The standard InChI is InChI=1S/C19H21N5O3/c1-12-14(18(25)24(22(12)2)13-6-4-3-5-7-13)10-23-9-8-15-16(21-11-20-15)17(23)19(26)27/h3-7,11,17H,8-10H2,1-2H3,(H,20,21)(H,26,27)/t17-/m1/s1. The average molecular weight is 367 g/mol. The Bertz CT molecular complexity index is 1050. The Morgan fingerprint density at radius 1 is 1.33 bits per heavy atom. The number of aromatic amines is 1. The summed E-state index contributed by atoms with van der Waals surface area (Å²) in [5.74, 6) is -0.958. The number of fused-ring (bicyclic) bond motifs is 1. The van der Waals surface area contributed by atoms with Crippen molar-refractivity contribution in [3.63, 3.8) is 0 Å². The molecule has 0 spiro atoms. The maximum atomic E-state index is 13.1. The van der Waals surface area contributed by atoms with Crippen LogP contribution in [-0.4, -0.2) is 41.9 Å². The highest BCUT2D eigenvalue weighted by molar-refractivity contribution is 5.75. The summed E-state index contributed by atoms with van der Waals surface area (Å²) < 4.78 is 3.43. The summed E-state index contributed by atoms with van der Waals surface area (Å²) in [5, 5.41) is 9.74. The first-order chi connectivity index (χ1) is 13.0. The van der Waals surface area contributed by atoms with Crippen molar-refractivity contribution >= 4 is 5.97 Å². The zero-order valence-corrected chi connectivity index (χ0v) is 15.2. The van der Waals surface area contributed by atoms with Crippen molar-refractivity contribution in [2.75, 3.05) is 6.54 Å². The Balaban J connectivity index is 1.73.